The molecule has 0 saturated heterocycles. The smallest absolute Gasteiger partial charge is 0.271 e. The quantitative estimate of drug-likeness (QED) is 0.618. The van der Waals surface area contributed by atoms with Crippen LogP contribution in [0.3, 0.4) is 0 Å². The van der Waals surface area contributed by atoms with E-state index in [1.165, 1.54) is 31.2 Å². The molecular weight excluding hydrogens is 351 g/mol. The van der Waals surface area contributed by atoms with E-state index in [0.717, 1.165) is 11.6 Å². The lowest BCUT2D eigenvalue weighted by Gasteiger charge is -2.19. The van der Waals surface area contributed by atoms with Gasteiger partial charge in [-0.3, -0.25) is 14.9 Å². The van der Waals surface area contributed by atoms with Gasteiger partial charge >= 0.3 is 0 Å². The van der Waals surface area contributed by atoms with Crippen molar-refractivity contribution < 1.29 is 18.8 Å². The first-order chi connectivity index (χ1) is 11.8. The highest BCUT2D eigenvalue weighted by atomic mass is 35.5. The average Bonchev–Trinajstić information content (AvgIpc) is 2.56. The molecular formula is C17H16ClFN2O4. The lowest BCUT2D eigenvalue weighted by atomic mass is 10.1. The van der Waals surface area contributed by atoms with Crippen molar-refractivity contribution in [1.82, 2.24) is 5.32 Å². The van der Waals surface area contributed by atoms with Crippen molar-refractivity contribution >= 4 is 23.2 Å². The van der Waals surface area contributed by atoms with Crippen molar-refractivity contribution in [2.75, 3.05) is 0 Å². The summed E-state index contributed by atoms with van der Waals surface area (Å²) < 4.78 is 18.4. The van der Waals surface area contributed by atoms with Crippen molar-refractivity contribution in [3.63, 3.8) is 0 Å². The van der Waals surface area contributed by atoms with Gasteiger partial charge in [0.25, 0.3) is 11.6 Å². The van der Waals surface area contributed by atoms with Crippen LogP contribution in [0.4, 0.5) is 10.1 Å². The van der Waals surface area contributed by atoms with Gasteiger partial charge in [0.1, 0.15) is 11.6 Å². The lowest BCUT2D eigenvalue weighted by molar-refractivity contribution is -0.384. The number of nitro groups is 1. The van der Waals surface area contributed by atoms with Gasteiger partial charge in [0.15, 0.2) is 6.10 Å². The van der Waals surface area contributed by atoms with Gasteiger partial charge in [-0.2, -0.15) is 0 Å². The maximum absolute atomic E-state index is 12.9. The van der Waals surface area contributed by atoms with E-state index in [9.17, 15) is 19.3 Å². The number of non-ortho nitro benzene ring substituents is 1. The summed E-state index contributed by atoms with van der Waals surface area (Å²) in [4.78, 5) is 22.3. The first-order valence-corrected chi connectivity index (χ1v) is 7.82. The Morgan fingerprint density at radius 2 is 1.88 bits per heavy atom. The minimum atomic E-state index is -0.873. The Morgan fingerprint density at radius 1 is 1.24 bits per heavy atom. The summed E-state index contributed by atoms with van der Waals surface area (Å²) in [5.74, 6) is -0.581. The summed E-state index contributed by atoms with van der Waals surface area (Å²) in [6.07, 6.45) is -0.873. The number of hydrogen-bond donors (Lipinski definition) is 1. The Balaban J connectivity index is 2.00. The van der Waals surface area contributed by atoms with Crippen molar-refractivity contribution in [2.45, 2.75) is 26.0 Å². The zero-order chi connectivity index (χ0) is 18.6. The van der Waals surface area contributed by atoms with Gasteiger partial charge in [-0.25, -0.2) is 4.39 Å². The van der Waals surface area contributed by atoms with Crippen LogP contribution >= 0.6 is 11.6 Å². The molecule has 2 unspecified atom stereocenters. The predicted molar refractivity (Wildman–Crippen MR) is 91.2 cm³/mol. The molecule has 0 spiro atoms. The average molecular weight is 367 g/mol. The number of nitro benzene ring substituents is 1. The summed E-state index contributed by atoms with van der Waals surface area (Å²) in [6, 6.07) is 9.19. The van der Waals surface area contributed by atoms with Crippen LogP contribution in [0.25, 0.3) is 0 Å². The molecule has 8 heteroatoms. The highest BCUT2D eigenvalue weighted by molar-refractivity contribution is 6.32. The summed E-state index contributed by atoms with van der Waals surface area (Å²) in [5.41, 5.74) is 0.578. The molecule has 132 valence electrons. The van der Waals surface area contributed by atoms with E-state index >= 15 is 0 Å². The highest BCUT2D eigenvalue weighted by Crippen LogP contribution is 2.29. The van der Waals surface area contributed by atoms with Gasteiger partial charge in [0.2, 0.25) is 0 Å². The van der Waals surface area contributed by atoms with Crippen molar-refractivity contribution in [3.8, 4) is 5.75 Å². The zero-order valence-electron chi connectivity index (χ0n) is 13.5. The van der Waals surface area contributed by atoms with E-state index in [4.69, 9.17) is 16.3 Å². The molecule has 0 aliphatic rings. The molecule has 0 aliphatic carbocycles. The Labute approximate surface area is 148 Å². The van der Waals surface area contributed by atoms with Crippen LogP contribution in [0.15, 0.2) is 42.5 Å². The molecule has 0 fully saturated rings. The highest BCUT2D eigenvalue weighted by Gasteiger charge is 2.20. The Morgan fingerprint density at radius 3 is 2.44 bits per heavy atom. The summed E-state index contributed by atoms with van der Waals surface area (Å²) in [5, 5.41) is 13.5. The first kappa shape index (κ1) is 18.7. The van der Waals surface area contributed by atoms with Gasteiger partial charge in [0.05, 0.1) is 16.0 Å². The molecule has 0 heterocycles. The molecule has 1 N–H and O–H groups in total. The molecule has 0 saturated carbocycles. The number of halogens is 2. The fourth-order valence-electron chi connectivity index (χ4n) is 2.11. The van der Waals surface area contributed by atoms with Gasteiger partial charge in [-0.1, -0.05) is 23.7 Å². The maximum Gasteiger partial charge on any atom is 0.271 e. The zero-order valence-corrected chi connectivity index (χ0v) is 14.3. The van der Waals surface area contributed by atoms with Crippen molar-refractivity contribution in [1.29, 1.82) is 0 Å². The van der Waals surface area contributed by atoms with Crippen LogP contribution < -0.4 is 10.1 Å². The third kappa shape index (κ3) is 4.90. The third-order valence-electron chi connectivity index (χ3n) is 3.53. The van der Waals surface area contributed by atoms with Crippen molar-refractivity contribution in [3.05, 3.63) is 69.0 Å². The maximum atomic E-state index is 12.9. The molecule has 2 atom stereocenters. The molecule has 1 amide bonds. The van der Waals surface area contributed by atoms with Crippen LogP contribution in [0.1, 0.15) is 25.5 Å². The number of ether oxygens (including phenoxy) is 1. The number of benzene rings is 2. The van der Waals surface area contributed by atoms with Crippen LogP contribution in [-0.2, 0) is 4.79 Å². The van der Waals surface area contributed by atoms with Crippen LogP contribution in [-0.4, -0.2) is 16.9 Å². The minimum Gasteiger partial charge on any atom is -0.479 e. The molecule has 2 rings (SSSR count). The van der Waals surface area contributed by atoms with E-state index < -0.39 is 16.9 Å². The van der Waals surface area contributed by atoms with E-state index in [0.29, 0.717) is 0 Å². The number of nitrogens with zero attached hydrogens (tertiary/aromatic N) is 1. The number of carbonyl (C=O) groups excluding carboxylic acids is 1. The number of nitrogens with one attached hydrogen (secondary N) is 1. The monoisotopic (exact) mass is 366 g/mol. The summed E-state index contributed by atoms with van der Waals surface area (Å²) >= 11 is 5.94. The van der Waals surface area contributed by atoms with Crippen LogP contribution in [0.2, 0.25) is 5.02 Å². The predicted octanol–water partition coefficient (Wildman–Crippen LogP) is 4.03. The molecule has 0 aromatic heterocycles. The Bertz CT molecular complexity index is 783. The lowest BCUT2D eigenvalue weighted by Crippen LogP contribution is -2.37. The number of hydrogen-bond acceptors (Lipinski definition) is 4. The number of rotatable bonds is 6. The number of amides is 1. The summed E-state index contributed by atoms with van der Waals surface area (Å²) in [6.45, 7) is 3.29. The van der Waals surface area contributed by atoms with E-state index in [2.05, 4.69) is 5.32 Å². The fraction of sp³-hybridized carbons (Fsp3) is 0.235. The van der Waals surface area contributed by atoms with E-state index in [1.807, 2.05) is 0 Å². The second kappa shape index (κ2) is 7.94. The normalized spacial score (nSPS) is 13.0. The largest absolute Gasteiger partial charge is 0.479 e. The van der Waals surface area contributed by atoms with Gasteiger partial charge in [-0.15, -0.1) is 0 Å². The van der Waals surface area contributed by atoms with Crippen LogP contribution in [0.5, 0.6) is 5.75 Å². The molecule has 0 radical (unpaired) electrons. The Kier molecular flexibility index (Phi) is 5.93. The molecule has 2 aromatic rings. The second-order valence-electron chi connectivity index (χ2n) is 5.41. The fourth-order valence-corrected chi connectivity index (χ4v) is 2.33. The summed E-state index contributed by atoms with van der Waals surface area (Å²) in [7, 11) is 0. The molecule has 6 nitrogen and oxygen atoms in total. The standard InChI is InChI=1S/C17H16ClFN2O4/c1-10(12-3-5-13(19)6-4-12)20-17(22)11(2)25-16-8-7-14(21(23)24)9-15(16)18/h3-11H,1-2H3,(H,20,22). The van der Waals surface area contributed by atoms with Crippen molar-refractivity contribution in [2.24, 2.45) is 0 Å². The van der Waals surface area contributed by atoms with E-state index in [1.54, 1.807) is 19.1 Å². The second-order valence-corrected chi connectivity index (χ2v) is 5.82. The van der Waals surface area contributed by atoms with E-state index in [-0.39, 0.29) is 28.3 Å². The molecule has 2 aromatic carbocycles. The molecule has 0 aliphatic heterocycles. The van der Waals surface area contributed by atoms with Gasteiger partial charge in [0, 0.05) is 12.1 Å². The van der Waals surface area contributed by atoms with Gasteiger partial charge < -0.3 is 10.1 Å². The topological polar surface area (TPSA) is 81.5 Å². The SMILES string of the molecule is CC(Oc1ccc([N+](=O)[O-])cc1Cl)C(=O)NC(C)c1ccc(F)cc1. The van der Waals surface area contributed by atoms with Gasteiger partial charge in [-0.05, 0) is 37.6 Å². The third-order valence-corrected chi connectivity index (χ3v) is 3.82. The first-order valence-electron chi connectivity index (χ1n) is 7.44. The number of carbonyl (C=O) groups is 1. The minimum absolute atomic E-state index is 0.0421. The molecule has 0 bridgehead atoms. The molecule has 25 heavy (non-hydrogen) atoms. The van der Waals surface area contributed by atoms with Crippen LogP contribution in [0, 0.1) is 15.9 Å². The Hall–Kier alpha value is -2.67.